The SMILES string of the molecule is c1c(-c2ccccc2N(C2=Cc3sc4ccccc4c3CC2)c2ccc3c4ccccc4n(-c4ccccc4)c3c2)cc2c(c#1)c1ccccc1n2-c1ccccc1. The van der Waals surface area contributed by atoms with Crippen molar-refractivity contribution in [3.05, 3.63) is 210 Å². The third kappa shape index (κ3) is 5.07. The monoisotopic (exact) mass is 757 g/mol. The Kier molecular flexibility index (Phi) is 7.44. The summed E-state index contributed by atoms with van der Waals surface area (Å²) in [4.78, 5) is 3.86. The minimum atomic E-state index is 0.916. The van der Waals surface area contributed by atoms with Crippen LogP contribution in [0.3, 0.4) is 0 Å². The summed E-state index contributed by atoms with van der Waals surface area (Å²) in [5.41, 5.74) is 14.0. The van der Waals surface area contributed by atoms with Gasteiger partial charge in [-0.15, -0.1) is 11.3 Å². The molecule has 0 radical (unpaired) electrons. The van der Waals surface area contributed by atoms with Gasteiger partial charge in [-0.1, -0.05) is 127 Å². The minimum absolute atomic E-state index is 0.916. The molecule has 0 fully saturated rings. The van der Waals surface area contributed by atoms with E-state index >= 15 is 0 Å². The lowest BCUT2D eigenvalue weighted by Crippen LogP contribution is -2.19. The number of benzene rings is 7. The number of allylic oxidation sites excluding steroid dienone is 1. The van der Waals surface area contributed by atoms with Crippen LogP contribution < -0.4 is 4.90 Å². The third-order valence-electron chi connectivity index (χ3n) is 11.8. The van der Waals surface area contributed by atoms with Crippen LogP contribution in [0.1, 0.15) is 16.9 Å². The second-order valence-electron chi connectivity index (χ2n) is 15.1. The van der Waals surface area contributed by atoms with Crippen LogP contribution in [0.25, 0.3) is 82.3 Å². The van der Waals surface area contributed by atoms with E-state index in [0.29, 0.717) is 0 Å². The Morgan fingerprint density at radius 3 is 1.90 bits per heavy atom. The van der Waals surface area contributed by atoms with Crippen molar-refractivity contribution in [2.45, 2.75) is 12.8 Å². The molecule has 0 aliphatic heterocycles. The first kappa shape index (κ1) is 32.9. The van der Waals surface area contributed by atoms with Gasteiger partial charge < -0.3 is 14.0 Å². The summed E-state index contributed by atoms with van der Waals surface area (Å²) in [5, 5.41) is 6.12. The van der Waals surface area contributed by atoms with E-state index in [2.05, 4.69) is 214 Å². The molecule has 0 N–H and O–H groups in total. The summed E-state index contributed by atoms with van der Waals surface area (Å²) in [5.74, 6) is 0. The van der Waals surface area contributed by atoms with Crippen LogP contribution in [-0.2, 0) is 6.42 Å². The molecule has 0 saturated carbocycles. The highest BCUT2D eigenvalue weighted by molar-refractivity contribution is 7.20. The Labute approximate surface area is 340 Å². The summed E-state index contributed by atoms with van der Waals surface area (Å²) in [6, 6.07) is 73.1. The summed E-state index contributed by atoms with van der Waals surface area (Å²) < 4.78 is 6.12. The highest BCUT2D eigenvalue weighted by Crippen LogP contribution is 2.46. The molecule has 0 atom stereocenters. The van der Waals surface area contributed by atoms with Gasteiger partial charge in [0.05, 0.1) is 33.1 Å². The number of aryl methyl sites for hydroxylation is 1. The van der Waals surface area contributed by atoms with Crippen molar-refractivity contribution < 1.29 is 0 Å². The first-order valence-electron chi connectivity index (χ1n) is 19.9. The average molecular weight is 758 g/mol. The molecule has 0 bridgehead atoms. The number of hydrogen-bond donors (Lipinski definition) is 0. The number of fused-ring (bicyclic) bond motifs is 9. The van der Waals surface area contributed by atoms with Gasteiger partial charge in [0.1, 0.15) is 0 Å². The second kappa shape index (κ2) is 13.1. The molecule has 58 heavy (non-hydrogen) atoms. The number of hydrogen-bond acceptors (Lipinski definition) is 2. The second-order valence-corrected chi connectivity index (χ2v) is 16.2. The minimum Gasteiger partial charge on any atom is -0.313 e. The van der Waals surface area contributed by atoms with Gasteiger partial charge in [-0.05, 0) is 96.6 Å². The van der Waals surface area contributed by atoms with E-state index in [-0.39, 0.29) is 0 Å². The number of anilines is 2. The molecule has 3 aromatic heterocycles. The maximum atomic E-state index is 3.66. The molecule has 0 amide bonds. The van der Waals surface area contributed by atoms with Crippen LogP contribution in [0.5, 0.6) is 0 Å². The molecule has 0 saturated heterocycles. The summed E-state index contributed by atoms with van der Waals surface area (Å²) in [6.45, 7) is 0. The van der Waals surface area contributed by atoms with Crippen molar-refractivity contribution in [2.24, 2.45) is 0 Å². The van der Waals surface area contributed by atoms with Crippen molar-refractivity contribution in [1.29, 1.82) is 0 Å². The van der Waals surface area contributed by atoms with Gasteiger partial charge >= 0.3 is 0 Å². The Morgan fingerprint density at radius 1 is 0.483 bits per heavy atom. The van der Waals surface area contributed by atoms with Crippen LogP contribution in [0.15, 0.2) is 188 Å². The molecule has 12 rings (SSSR count). The first-order chi connectivity index (χ1) is 28.8. The fourth-order valence-electron chi connectivity index (χ4n) is 9.29. The molecule has 1 aliphatic rings. The molecule has 8 aromatic carbocycles. The Bertz CT molecular complexity index is 3400. The fraction of sp³-hybridized carbons (Fsp3) is 0.0370. The molecule has 1 aliphatic carbocycles. The zero-order chi connectivity index (χ0) is 38.2. The van der Waals surface area contributed by atoms with E-state index in [4.69, 9.17) is 0 Å². The maximum absolute atomic E-state index is 3.66. The number of aromatic nitrogens is 2. The van der Waals surface area contributed by atoms with Crippen LogP contribution in [-0.4, -0.2) is 9.13 Å². The predicted octanol–water partition coefficient (Wildman–Crippen LogP) is 14.5. The zero-order valence-electron chi connectivity index (χ0n) is 31.6. The number of rotatable bonds is 6. The van der Waals surface area contributed by atoms with Crippen molar-refractivity contribution in [2.75, 3.05) is 4.90 Å². The van der Waals surface area contributed by atoms with E-state index in [1.165, 1.54) is 53.4 Å². The van der Waals surface area contributed by atoms with Crippen molar-refractivity contribution in [1.82, 2.24) is 9.13 Å². The Balaban J connectivity index is 1.11. The van der Waals surface area contributed by atoms with Gasteiger partial charge in [-0.3, -0.25) is 0 Å². The Morgan fingerprint density at radius 2 is 1.10 bits per heavy atom. The van der Waals surface area contributed by atoms with Gasteiger partial charge in [-0.2, -0.15) is 0 Å². The molecule has 272 valence electrons. The van der Waals surface area contributed by atoms with Gasteiger partial charge in [0.2, 0.25) is 0 Å². The van der Waals surface area contributed by atoms with Crippen molar-refractivity contribution >= 4 is 82.5 Å². The van der Waals surface area contributed by atoms with E-state index in [0.717, 1.165) is 63.1 Å². The van der Waals surface area contributed by atoms with E-state index in [1.807, 2.05) is 11.3 Å². The molecular weight excluding hydrogens is 723 g/mol. The highest BCUT2D eigenvalue weighted by Gasteiger charge is 2.26. The molecule has 0 unspecified atom stereocenters. The summed E-state index contributed by atoms with van der Waals surface area (Å²) >= 11 is 1.90. The lowest BCUT2D eigenvalue weighted by atomic mass is 9.96. The largest absolute Gasteiger partial charge is 0.313 e. The Hall–Kier alpha value is -7.32. The first-order valence-corrected chi connectivity index (χ1v) is 20.7. The number of para-hydroxylation sites is 5. The molecule has 0 spiro atoms. The van der Waals surface area contributed by atoms with Gasteiger partial charge in [-0.25, -0.2) is 0 Å². The fourth-order valence-corrected chi connectivity index (χ4v) is 10.5. The lowest BCUT2D eigenvalue weighted by molar-refractivity contribution is 0.906. The number of nitrogens with zero attached hydrogens (tertiary/aromatic N) is 3. The van der Waals surface area contributed by atoms with Crippen LogP contribution in [0.2, 0.25) is 0 Å². The molecule has 3 heterocycles. The van der Waals surface area contributed by atoms with Crippen molar-refractivity contribution in [3.8, 4) is 22.5 Å². The van der Waals surface area contributed by atoms with Gasteiger partial charge in [0, 0.05) is 59.6 Å². The lowest BCUT2D eigenvalue weighted by Gasteiger charge is -2.31. The quantitative estimate of drug-likeness (QED) is 0.165. The normalized spacial score (nSPS) is 12.7. The number of thiophene rings is 1. The predicted molar refractivity (Wildman–Crippen MR) is 245 cm³/mol. The third-order valence-corrected chi connectivity index (χ3v) is 13.0. The maximum Gasteiger partial charge on any atom is 0.0638 e. The van der Waals surface area contributed by atoms with E-state index in [1.54, 1.807) is 0 Å². The van der Waals surface area contributed by atoms with Gasteiger partial charge in [0.15, 0.2) is 0 Å². The molecule has 11 aromatic rings. The smallest absolute Gasteiger partial charge is 0.0638 e. The van der Waals surface area contributed by atoms with Crippen LogP contribution in [0, 0.1) is 12.1 Å². The molecular formula is C54H35N3S. The standard InChI is InChI=1S/C54H35N3S/c1-3-15-37(16-4-1)56-49-24-12-8-20-42(49)44-30-27-36(33-51(44)56)41-19-7-11-23-48(41)55(40-29-32-47-46-22-10-14-26-53(46)58-54(47)35-40)39-28-31-45-43-21-9-13-25-50(43)57(52(45)34-39)38-17-5-2-6-18-38/h1-26,28,31,33-35H,29,32H2. The van der Waals surface area contributed by atoms with Crippen LogP contribution in [0.4, 0.5) is 11.4 Å². The molecule has 4 heteroatoms. The van der Waals surface area contributed by atoms with E-state index < -0.39 is 0 Å². The summed E-state index contributed by atoms with van der Waals surface area (Å²) in [7, 11) is 0. The summed E-state index contributed by atoms with van der Waals surface area (Å²) in [6.07, 6.45) is 4.35. The topological polar surface area (TPSA) is 13.1 Å². The zero-order valence-corrected chi connectivity index (χ0v) is 32.4. The van der Waals surface area contributed by atoms with Gasteiger partial charge in [0.25, 0.3) is 0 Å². The molecule has 3 nitrogen and oxygen atoms in total. The van der Waals surface area contributed by atoms with Crippen molar-refractivity contribution in [3.63, 3.8) is 0 Å². The van der Waals surface area contributed by atoms with Crippen LogP contribution >= 0.6 is 11.3 Å². The highest BCUT2D eigenvalue weighted by atomic mass is 32.1. The average Bonchev–Trinajstić information content (AvgIpc) is 3.94. The van der Waals surface area contributed by atoms with E-state index in [9.17, 15) is 0 Å².